The van der Waals surface area contributed by atoms with Crippen LogP contribution in [0.4, 0.5) is 0 Å². The topological polar surface area (TPSA) is 58.5 Å². The normalized spacial score (nSPS) is 20.4. The highest BCUT2D eigenvalue weighted by Crippen LogP contribution is 2.31. The van der Waals surface area contributed by atoms with Gasteiger partial charge in [-0.2, -0.15) is 0 Å². The maximum atomic E-state index is 10.5. The van der Waals surface area contributed by atoms with E-state index in [1.54, 1.807) is 18.6 Å². The Morgan fingerprint density at radius 1 is 1.26 bits per heavy atom. The summed E-state index contributed by atoms with van der Waals surface area (Å²) in [6, 6.07) is 4.45. The first-order valence-electron chi connectivity index (χ1n) is 9.89. The summed E-state index contributed by atoms with van der Waals surface area (Å²) in [5.41, 5.74) is 4.76. The molecule has 0 unspecified atom stereocenters. The van der Waals surface area contributed by atoms with Gasteiger partial charge in [0.2, 0.25) is 0 Å². The number of nitrogens with zero attached hydrogens (tertiary/aromatic N) is 3. The van der Waals surface area contributed by atoms with Crippen molar-refractivity contribution < 1.29 is 9.84 Å². The summed E-state index contributed by atoms with van der Waals surface area (Å²) in [5, 5.41) is 10.5. The van der Waals surface area contributed by atoms with Crippen LogP contribution in [0.15, 0.2) is 30.7 Å². The van der Waals surface area contributed by atoms with E-state index in [0.29, 0.717) is 19.1 Å². The molecule has 0 aliphatic carbocycles. The lowest BCUT2D eigenvalue weighted by molar-refractivity contribution is 0.140. The maximum absolute atomic E-state index is 10.5. The van der Waals surface area contributed by atoms with Crippen molar-refractivity contribution in [2.24, 2.45) is 5.92 Å². The van der Waals surface area contributed by atoms with E-state index >= 15 is 0 Å². The molecule has 0 spiro atoms. The fourth-order valence-electron chi connectivity index (χ4n) is 3.86. The molecule has 1 aliphatic rings. The molecule has 0 saturated carbocycles. The van der Waals surface area contributed by atoms with Gasteiger partial charge < -0.3 is 9.84 Å². The smallest absolute Gasteiger partial charge is 0.123 e. The van der Waals surface area contributed by atoms with E-state index in [4.69, 9.17) is 4.74 Å². The second kappa shape index (κ2) is 8.81. The first-order valence-corrected chi connectivity index (χ1v) is 9.89. The third-order valence-corrected chi connectivity index (χ3v) is 5.35. The number of likely N-dealkylation sites (tertiary alicyclic amines) is 1. The van der Waals surface area contributed by atoms with Gasteiger partial charge in [-0.15, -0.1) is 0 Å². The third kappa shape index (κ3) is 4.85. The number of aromatic nitrogens is 2. The molecule has 27 heavy (non-hydrogen) atoms. The number of ether oxygens (including phenoxy) is 1. The summed E-state index contributed by atoms with van der Waals surface area (Å²) in [7, 11) is 0. The Hall–Kier alpha value is -1.98. The largest absolute Gasteiger partial charge is 0.494 e. The van der Waals surface area contributed by atoms with Crippen molar-refractivity contribution in [1.82, 2.24) is 14.9 Å². The fourth-order valence-corrected chi connectivity index (χ4v) is 3.86. The molecule has 1 aromatic carbocycles. The van der Waals surface area contributed by atoms with E-state index in [0.717, 1.165) is 31.0 Å². The van der Waals surface area contributed by atoms with Gasteiger partial charge in [0.25, 0.3) is 0 Å². The van der Waals surface area contributed by atoms with Crippen molar-refractivity contribution in [3.8, 4) is 5.75 Å². The minimum Gasteiger partial charge on any atom is -0.494 e. The highest BCUT2D eigenvalue weighted by atomic mass is 16.5. The van der Waals surface area contributed by atoms with Crippen LogP contribution in [0, 0.1) is 12.8 Å². The highest BCUT2D eigenvalue weighted by molar-refractivity contribution is 5.44. The number of rotatable bonds is 7. The van der Waals surface area contributed by atoms with Gasteiger partial charge in [-0.1, -0.05) is 19.9 Å². The molecular weight excluding hydrogens is 338 g/mol. The molecule has 3 rings (SSSR count). The van der Waals surface area contributed by atoms with Crippen LogP contribution >= 0.6 is 0 Å². The summed E-state index contributed by atoms with van der Waals surface area (Å²) in [6.45, 7) is 11.7. The predicted octanol–water partition coefficient (Wildman–Crippen LogP) is 3.34. The Morgan fingerprint density at radius 2 is 2.07 bits per heavy atom. The van der Waals surface area contributed by atoms with Gasteiger partial charge >= 0.3 is 0 Å². The molecule has 1 aromatic heterocycles. The standard InChI is InChI=1S/C22H31N3O2/c1-5-27-22-8-16(4)17(10-20(22)15(2)3)12-25-13-18(21(26)14-25)9-19-11-23-6-7-24-19/h6-8,10-11,15,18,21,26H,5,9,12-14H2,1-4H3/t18-,21-/m1/s1. The van der Waals surface area contributed by atoms with Crippen molar-refractivity contribution >= 4 is 0 Å². The van der Waals surface area contributed by atoms with Crippen LogP contribution in [0.2, 0.25) is 0 Å². The Labute approximate surface area is 162 Å². The zero-order valence-electron chi connectivity index (χ0n) is 16.9. The second-order valence-electron chi connectivity index (χ2n) is 7.83. The molecule has 5 nitrogen and oxygen atoms in total. The van der Waals surface area contributed by atoms with Crippen LogP contribution in [0.25, 0.3) is 0 Å². The summed E-state index contributed by atoms with van der Waals surface area (Å²) >= 11 is 0. The van der Waals surface area contributed by atoms with E-state index in [9.17, 15) is 5.11 Å². The summed E-state index contributed by atoms with van der Waals surface area (Å²) in [6.07, 6.45) is 5.64. The highest BCUT2D eigenvalue weighted by Gasteiger charge is 2.32. The van der Waals surface area contributed by atoms with Crippen molar-refractivity contribution in [3.63, 3.8) is 0 Å². The number of aliphatic hydroxyl groups is 1. The van der Waals surface area contributed by atoms with E-state index in [1.165, 1.54) is 16.7 Å². The molecule has 5 heteroatoms. The average molecular weight is 370 g/mol. The molecule has 146 valence electrons. The van der Waals surface area contributed by atoms with Gasteiger partial charge in [-0.3, -0.25) is 14.9 Å². The molecule has 1 saturated heterocycles. The molecule has 1 N–H and O–H groups in total. The van der Waals surface area contributed by atoms with E-state index in [-0.39, 0.29) is 12.0 Å². The lowest BCUT2D eigenvalue weighted by Gasteiger charge is -2.21. The summed E-state index contributed by atoms with van der Waals surface area (Å²) in [5.74, 6) is 1.62. The number of aryl methyl sites for hydroxylation is 1. The molecular formula is C22H31N3O2. The third-order valence-electron chi connectivity index (χ3n) is 5.35. The number of hydrogen-bond donors (Lipinski definition) is 1. The molecule has 0 amide bonds. The predicted molar refractivity (Wildman–Crippen MR) is 107 cm³/mol. The lowest BCUT2D eigenvalue weighted by Crippen LogP contribution is -2.22. The minimum absolute atomic E-state index is 0.203. The minimum atomic E-state index is -0.320. The molecule has 0 bridgehead atoms. The van der Waals surface area contributed by atoms with Gasteiger partial charge in [0.1, 0.15) is 5.75 Å². The Morgan fingerprint density at radius 3 is 2.74 bits per heavy atom. The van der Waals surface area contributed by atoms with Crippen LogP contribution < -0.4 is 4.74 Å². The zero-order chi connectivity index (χ0) is 19.4. The van der Waals surface area contributed by atoms with Crippen LogP contribution in [0.3, 0.4) is 0 Å². The van der Waals surface area contributed by atoms with Gasteiger partial charge in [0, 0.05) is 44.1 Å². The van der Waals surface area contributed by atoms with Crippen molar-refractivity contribution in [2.45, 2.75) is 52.7 Å². The van der Waals surface area contributed by atoms with Gasteiger partial charge in [-0.25, -0.2) is 0 Å². The van der Waals surface area contributed by atoms with Crippen LogP contribution in [-0.2, 0) is 13.0 Å². The summed E-state index contributed by atoms with van der Waals surface area (Å²) in [4.78, 5) is 10.8. The number of benzene rings is 1. The number of aliphatic hydroxyl groups excluding tert-OH is 1. The van der Waals surface area contributed by atoms with Crippen LogP contribution in [0.1, 0.15) is 49.1 Å². The Kier molecular flexibility index (Phi) is 6.45. The first-order chi connectivity index (χ1) is 13.0. The molecule has 2 atom stereocenters. The molecule has 2 heterocycles. The van der Waals surface area contributed by atoms with Crippen molar-refractivity contribution in [3.05, 3.63) is 53.1 Å². The maximum Gasteiger partial charge on any atom is 0.123 e. The SMILES string of the molecule is CCOc1cc(C)c(CN2C[C@@H](Cc3cnccn3)[C@H](O)C2)cc1C(C)C. The average Bonchev–Trinajstić information content (AvgIpc) is 2.97. The monoisotopic (exact) mass is 369 g/mol. The second-order valence-corrected chi connectivity index (χ2v) is 7.83. The van der Waals surface area contributed by atoms with E-state index in [1.807, 2.05) is 6.92 Å². The fraction of sp³-hybridized carbons (Fsp3) is 0.545. The molecule has 1 fully saturated rings. The number of hydrogen-bond acceptors (Lipinski definition) is 5. The van der Waals surface area contributed by atoms with Gasteiger partial charge in [-0.05, 0) is 48.9 Å². The first kappa shape index (κ1) is 19.8. The summed E-state index contributed by atoms with van der Waals surface area (Å²) < 4.78 is 5.84. The van der Waals surface area contributed by atoms with Crippen LogP contribution in [-0.4, -0.2) is 45.8 Å². The van der Waals surface area contributed by atoms with Gasteiger partial charge in [0.15, 0.2) is 0 Å². The van der Waals surface area contributed by atoms with Crippen molar-refractivity contribution in [2.75, 3.05) is 19.7 Å². The number of β-amino-alcohol motifs (C(OH)–C–C–N with tert-alkyl or cyclic N) is 1. The van der Waals surface area contributed by atoms with Crippen LogP contribution in [0.5, 0.6) is 5.75 Å². The Balaban J connectivity index is 1.71. The zero-order valence-corrected chi connectivity index (χ0v) is 16.9. The van der Waals surface area contributed by atoms with Gasteiger partial charge in [0.05, 0.1) is 18.4 Å². The molecule has 1 aliphatic heterocycles. The van der Waals surface area contributed by atoms with Crippen molar-refractivity contribution in [1.29, 1.82) is 0 Å². The van der Waals surface area contributed by atoms with E-state index in [2.05, 4.69) is 47.8 Å². The Bertz CT molecular complexity index is 749. The lowest BCUT2D eigenvalue weighted by atomic mass is 9.96. The molecule has 0 radical (unpaired) electrons. The van der Waals surface area contributed by atoms with E-state index < -0.39 is 0 Å². The molecule has 2 aromatic rings. The quantitative estimate of drug-likeness (QED) is 0.811.